The summed E-state index contributed by atoms with van der Waals surface area (Å²) in [5.41, 5.74) is 7.53. The molecule has 0 spiro atoms. The van der Waals surface area contributed by atoms with E-state index in [1.807, 2.05) is 31.2 Å². The van der Waals surface area contributed by atoms with Crippen LogP contribution in [0.1, 0.15) is 5.56 Å². The molecule has 1 radical (unpaired) electrons. The fraction of sp³-hybridized carbons (Fsp3) is 0.364. The number of sulfone groups is 1. The maximum Gasteiger partial charge on any atom is 1.00 e. The molecule has 0 bridgehead atoms. The molecule has 0 saturated carbocycles. The van der Waals surface area contributed by atoms with E-state index in [1.54, 1.807) is 0 Å². The van der Waals surface area contributed by atoms with Crippen LogP contribution in [0.25, 0.3) is 0 Å². The number of hydrogen-bond acceptors (Lipinski definition) is 8. The number of nitrogen functional groups attached to an aromatic ring is 1. The van der Waals surface area contributed by atoms with Crippen molar-refractivity contribution in [1.82, 2.24) is 0 Å². The first-order valence-corrected chi connectivity index (χ1v) is 7.83. The zero-order valence-electron chi connectivity index (χ0n) is 13.1. The third-order valence-corrected chi connectivity index (χ3v) is 3.11. The fourth-order valence-corrected chi connectivity index (χ4v) is 1.54. The van der Waals surface area contributed by atoms with E-state index in [4.69, 9.17) is 11.0 Å². The molecule has 22 heavy (non-hydrogen) atoms. The first-order valence-electron chi connectivity index (χ1n) is 5.10. The third-order valence-electron chi connectivity index (χ3n) is 1.83. The molecule has 1 aromatic rings. The minimum absolute atomic E-state index is 0. The van der Waals surface area contributed by atoms with E-state index < -0.39 is 9.84 Å². The topological polar surface area (TPSA) is 111 Å². The molecule has 0 aliphatic rings. The normalized spacial score (nSPS) is 9.23. The Kier molecular flexibility index (Phi) is 26.3. The van der Waals surface area contributed by atoms with Gasteiger partial charge in [0.25, 0.3) is 0 Å². The second kappa shape index (κ2) is 18.6. The van der Waals surface area contributed by atoms with Gasteiger partial charge in [0.15, 0.2) is 12.3 Å². The van der Waals surface area contributed by atoms with Gasteiger partial charge in [0.1, 0.15) is 9.84 Å². The van der Waals surface area contributed by atoms with Gasteiger partial charge in [0, 0.05) is 44.7 Å². The molecule has 11 heteroatoms. The molecular weight excluding hydrogens is 418 g/mol. The summed E-state index contributed by atoms with van der Waals surface area (Å²) >= 11 is 0.295. The number of rotatable bonds is 6. The van der Waals surface area contributed by atoms with Crippen molar-refractivity contribution in [2.45, 2.75) is 6.92 Å². The van der Waals surface area contributed by atoms with E-state index >= 15 is 0 Å². The SMILES string of the molecule is CS(=O)(=O)CCOSOO[O-].Cc1ccccc1N.[CH3-].[Na+].[Y]. The van der Waals surface area contributed by atoms with E-state index in [0.29, 0.717) is 12.3 Å². The number of nitrogens with two attached hydrogens (primary N) is 1. The van der Waals surface area contributed by atoms with Crippen molar-refractivity contribution in [3.05, 3.63) is 37.3 Å². The van der Waals surface area contributed by atoms with Gasteiger partial charge in [0.2, 0.25) is 0 Å². The summed E-state index contributed by atoms with van der Waals surface area (Å²) in [5, 5.41) is 12.1. The van der Waals surface area contributed by atoms with Crippen molar-refractivity contribution in [3.63, 3.8) is 0 Å². The van der Waals surface area contributed by atoms with Gasteiger partial charge < -0.3 is 18.4 Å². The number of para-hydroxylation sites is 1. The van der Waals surface area contributed by atoms with Crippen molar-refractivity contribution in [2.75, 3.05) is 24.3 Å². The molecule has 1 aromatic carbocycles. The molecule has 0 fully saturated rings. The van der Waals surface area contributed by atoms with Crippen LogP contribution in [0.4, 0.5) is 5.69 Å². The van der Waals surface area contributed by atoms with E-state index in [-0.39, 0.29) is 82.1 Å². The smallest absolute Gasteiger partial charge is 0.691 e. The molecule has 0 heterocycles. The molecule has 0 unspecified atom stereocenters. The Hall–Kier alpha value is 1.26. The fourth-order valence-electron chi connectivity index (χ4n) is 0.837. The number of hydrogen-bond donors (Lipinski definition) is 1. The molecule has 0 amide bonds. The minimum atomic E-state index is -3.02. The van der Waals surface area contributed by atoms with Crippen LogP contribution in [0.15, 0.2) is 24.3 Å². The van der Waals surface area contributed by atoms with Crippen LogP contribution < -0.4 is 40.5 Å². The van der Waals surface area contributed by atoms with Gasteiger partial charge in [-0.2, -0.15) is 0 Å². The Bertz CT molecular complexity index is 443. The summed E-state index contributed by atoms with van der Waals surface area (Å²) in [4.78, 5) is 0. The molecule has 0 saturated heterocycles. The first-order chi connectivity index (χ1) is 8.87. The van der Waals surface area contributed by atoms with Crippen molar-refractivity contribution in [1.29, 1.82) is 0 Å². The van der Waals surface area contributed by atoms with Crippen LogP contribution in [-0.2, 0) is 56.1 Å². The number of aryl methyl sites for hydroxylation is 1. The number of benzene rings is 1. The van der Waals surface area contributed by atoms with Crippen LogP contribution in [-0.4, -0.2) is 27.0 Å². The Morgan fingerprint density at radius 2 is 1.86 bits per heavy atom. The Morgan fingerprint density at radius 1 is 1.32 bits per heavy atom. The standard InChI is InChI=1S/C7H9N.C3H8O6S2.CH3.Na.Y/c1-6-4-2-3-5-7(6)8;1-11(5,6)3-2-7-10-9-8-4;;;/h2-5H,8H2,1H3;4H,2-3H2,1H3;1H3;;/q;;-1;+1;/p-1. The van der Waals surface area contributed by atoms with Gasteiger partial charge in [-0.15, -0.1) is 4.33 Å². The van der Waals surface area contributed by atoms with Gasteiger partial charge in [-0.3, -0.25) is 9.22 Å². The summed E-state index contributed by atoms with van der Waals surface area (Å²) in [6.07, 6.45) is 1.08. The summed E-state index contributed by atoms with van der Waals surface area (Å²) in [6, 6.07) is 7.80. The maximum atomic E-state index is 10.4. The quantitative estimate of drug-likeness (QED) is 0.102. The molecule has 121 valence electrons. The van der Waals surface area contributed by atoms with E-state index in [1.165, 1.54) is 0 Å². The van der Waals surface area contributed by atoms with Crippen molar-refractivity contribution in [3.8, 4) is 0 Å². The van der Waals surface area contributed by atoms with Crippen LogP contribution in [0.3, 0.4) is 0 Å². The Morgan fingerprint density at radius 3 is 2.23 bits per heavy atom. The predicted octanol–water partition coefficient (Wildman–Crippen LogP) is -2.14. The van der Waals surface area contributed by atoms with E-state index in [2.05, 4.69) is 13.6 Å². The van der Waals surface area contributed by atoms with E-state index in [9.17, 15) is 8.42 Å². The molecule has 0 aliphatic carbocycles. The van der Waals surface area contributed by atoms with Gasteiger partial charge >= 0.3 is 29.6 Å². The molecule has 2 N–H and O–H groups in total. The predicted molar refractivity (Wildman–Crippen MR) is 77.4 cm³/mol. The average molecular weight is 437 g/mol. The second-order valence-electron chi connectivity index (χ2n) is 3.51. The zero-order chi connectivity index (χ0) is 14.7. The van der Waals surface area contributed by atoms with Gasteiger partial charge in [-0.1, -0.05) is 18.2 Å². The second-order valence-corrected chi connectivity index (χ2v) is 6.28. The molecule has 7 nitrogen and oxygen atoms in total. The molecule has 0 atom stereocenters. The zero-order valence-corrected chi connectivity index (χ0v) is 19.6. The maximum absolute atomic E-state index is 10.4. The molecule has 1 rings (SSSR count). The molecule has 0 aliphatic heterocycles. The Labute approximate surface area is 184 Å². The molecule has 0 aromatic heterocycles. The summed E-state index contributed by atoms with van der Waals surface area (Å²) in [6.45, 7) is 1.95. The van der Waals surface area contributed by atoms with Crippen LogP contribution in [0.5, 0.6) is 0 Å². The van der Waals surface area contributed by atoms with Crippen LogP contribution in [0.2, 0.25) is 0 Å². The minimum Gasteiger partial charge on any atom is -0.691 e. The van der Waals surface area contributed by atoms with E-state index in [0.717, 1.165) is 17.5 Å². The van der Waals surface area contributed by atoms with Gasteiger partial charge in [0.05, 0.1) is 12.4 Å². The third kappa shape index (κ3) is 21.3. The van der Waals surface area contributed by atoms with Crippen molar-refractivity contribution >= 4 is 27.8 Å². The van der Waals surface area contributed by atoms with Crippen molar-refractivity contribution in [2.24, 2.45) is 0 Å². The van der Waals surface area contributed by atoms with Crippen molar-refractivity contribution < 1.29 is 89.5 Å². The largest absolute Gasteiger partial charge is 1.00 e. The first kappa shape index (κ1) is 31.1. The van der Waals surface area contributed by atoms with Gasteiger partial charge in [-0.25, -0.2) is 8.42 Å². The average Bonchev–Trinajstić information content (AvgIpc) is 2.32. The van der Waals surface area contributed by atoms with Crippen LogP contribution in [0, 0.1) is 14.4 Å². The Balaban J connectivity index is -0.000000133. The molecular formula is C11H19NNaO6S2Y-. The number of anilines is 1. The summed E-state index contributed by atoms with van der Waals surface area (Å²) in [7, 11) is -3.02. The van der Waals surface area contributed by atoms with Crippen LogP contribution >= 0.6 is 12.3 Å². The monoisotopic (exact) mass is 437 g/mol. The summed E-state index contributed by atoms with van der Waals surface area (Å²) in [5.74, 6) is -0.123. The van der Waals surface area contributed by atoms with Gasteiger partial charge in [-0.05, 0) is 18.6 Å². The summed E-state index contributed by atoms with van der Waals surface area (Å²) < 4.78 is 29.0.